The van der Waals surface area contributed by atoms with Gasteiger partial charge in [-0.15, -0.1) is 0 Å². The van der Waals surface area contributed by atoms with Gasteiger partial charge in [0.05, 0.1) is 23.5 Å². The normalized spacial score (nSPS) is 10.8. The summed E-state index contributed by atoms with van der Waals surface area (Å²) >= 11 is 5.99. The summed E-state index contributed by atoms with van der Waals surface area (Å²) in [6, 6.07) is 8.13. The monoisotopic (exact) mass is 307 g/mol. The first kappa shape index (κ1) is 15.9. The molecule has 0 saturated heterocycles. The Morgan fingerprint density at radius 2 is 2.14 bits per heavy atom. The predicted octanol–water partition coefficient (Wildman–Crippen LogP) is 3.42. The first-order valence-corrected chi connectivity index (χ1v) is 7.69. The quantitative estimate of drug-likeness (QED) is 0.760. The summed E-state index contributed by atoms with van der Waals surface area (Å²) in [5.74, 6) is 0.928. The molecule has 2 rings (SSSR count). The molecule has 1 N–H and O–H groups in total. The Kier molecular flexibility index (Phi) is 6.08. The van der Waals surface area contributed by atoms with E-state index in [9.17, 15) is 0 Å². The third kappa shape index (κ3) is 4.48. The minimum absolute atomic E-state index is 0.573. The Labute approximate surface area is 131 Å². The van der Waals surface area contributed by atoms with E-state index in [1.54, 1.807) is 6.20 Å². The van der Waals surface area contributed by atoms with E-state index < -0.39 is 0 Å². The number of rotatable bonds is 8. The highest BCUT2D eigenvalue weighted by molar-refractivity contribution is 6.31. The number of nitrogens with one attached hydrogen (secondary N) is 1. The molecule has 0 fully saturated rings. The van der Waals surface area contributed by atoms with Crippen molar-refractivity contribution in [2.75, 3.05) is 13.2 Å². The van der Waals surface area contributed by atoms with Crippen LogP contribution in [0.1, 0.15) is 24.6 Å². The molecular weight excluding hydrogens is 286 g/mol. The van der Waals surface area contributed by atoms with Gasteiger partial charge in [0, 0.05) is 12.1 Å². The first-order valence-electron chi connectivity index (χ1n) is 7.31. The van der Waals surface area contributed by atoms with E-state index in [0.29, 0.717) is 18.2 Å². The molecule has 114 valence electrons. The van der Waals surface area contributed by atoms with Crippen LogP contribution in [-0.4, -0.2) is 22.9 Å². The summed E-state index contributed by atoms with van der Waals surface area (Å²) in [6.07, 6.45) is 2.79. The van der Waals surface area contributed by atoms with Crippen molar-refractivity contribution in [3.63, 3.8) is 0 Å². The van der Waals surface area contributed by atoms with Gasteiger partial charge in [0.1, 0.15) is 12.4 Å². The smallest absolute Gasteiger partial charge is 0.123 e. The number of para-hydroxylation sites is 1. The predicted molar refractivity (Wildman–Crippen MR) is 85.9 cm³/mol. The highest BCUT2D eigenvalue weighted by Crippen LogP contribution is 2.18. The molecule has 0 atom stereocenters. The van der Waals surface area contributed by atoms with Crippen LogP contribution in [0.25, 0.3) is 0 Å². The molecular formula is C16H22ClN3O. The molecule has 5 heteroatoms. The van der Waals surface area contributed by atoms with E-state index in [-0.39, 0.29) is 0 Å². The topological polar surface area (TPSA) is 39.1 Å². The van der Waals surface area contributed by atoms with Gasteiger partial charge in [-0.3, -0.25) is 4.68 Å². The van der Waals surface area contributed by atoms with Crippen molar-refractivity contribution in [1.82, 2.24) is 15.1 Å². The van der Waals surface area contributed by atoms with Crippen LogP contribution in [0.15, 0.2) is 30.5 Å². The van der Waals surface area contributed by atoms with Gasteiger partial charge < -0.3 is 10.1 Å². The van der Waals surface area contributed by atoms with Crippen molar-refractivity contribution in [2.45, 2.75) is 33.4 Å². The maximum absolute atomic E-state index is 5.99. The maximum Gasteiger partial charge on any atom is 0.123 e. The van der Waals surface area contributed by atoms with Gasteiger partial charge >= 0.3 is 0 Å². The fourth-order valence-corrected chi connectivity index (χ4v) is 2.22. The molecule has 0 bridgehead atoms. The summed E-state index contributed by atoms with van der Waals surface area (Å²) in [5.41, 5.74) is 2.15. The number of aromatic nitrogens is 2. The van der Waals surface area contributed by atoms with E-state index in [4.69, 9.17) is 16.3 Å². The molecule has 1 aromatic heterocycles. The van der Waals surface area contributed by atoms with Crippen molar-refractivity contribution in [3.05, 3.63) is 46.7 Å². The number of hydrogen-bond donors (Lipinski definition) is 1. The van der Waals surface area contributed by atoms with E-state index in [0.717, 1.165) is 31.0 Å². The summed E-state index contributed by atoms with van der Waals surface area (Å²) in [7, 11) is 0. The lowest BCUT2D eigenvalue weighted by Gasteiger charge is -2.12. The van der Waals surface area contributed by atoms with Crippen LogP contribution in [-0.2, 0) is 13.1 Å². The van der Waals surface area contributed by atoms with Crippen LogP contribution in [0.4, 0.5) is 0 Å². The maximum atomic E-state index is 5.99. The molecule has 21 heavy (non-hydrogen) atoms. The molecule has 1 aromatic carbocycles. The molecule has 0 amide bonds. The second-order valence-corrected chi connectivity index (χ2v) is 5.34. The van der Waals surface area contributed by atoms with Gasteiger partial charge in [0.15, 0.2) is 0 Å². The first-order chi connectivity index (χ1) is 10.2. The number of benzene rings is 1. The second kappa shape index (κ2) is 8.05. The third-order valence-corrected chi connectivity index (χ3v) is 3.69. The zero-order valence-electron chi connectivity index (χ0n) is 12.6. The van der Waals surface area contributed by atoms with Crippen molar-refractivity contribution in [3.8, 4) is 5.75 Å². The van der Waals surface area contributed by atoms with Gasteiger partial charge in [-0.25, -0.2) is 0 Å². The van der Waals surface area contributed by atoms with Crippen LogP contribution in [0, 0.1) is 6.92 Å². The minimum atomic E-state index is 0.573. The average Bonchev–Trinajstić information content (AvgIpc) is 2.81. The molecule has 0 saturated carbocycles. The Hall–Kier alpha value is -1.52. The van der Waals surface area contributed by atoms with Gasteiger partial charge in [0.25, 0.3) is 0 Å². The van der Waals surface area contributed by atoms with E-state index in [1.807, 2.05) is 29.8 Å². The molecule has 0 spiro atoms. The molecule has 2 aromatic rings. The van der Waals surface area contributed by atoms with Crippen LogP contribution in [0.3, 0.4) is 0 Å². The number of ether oxygens (including phenoxy) is 1. The van der Waals surface area contributed by atoms with Crippen LogP contribution in [0.2, 0.25) is 5.02 Å². The standard InChI is InChI=1S/C16H22ClN3O/c1-3-8-18-11-14-6-4-5-7-16(14)21-10-9-20-13(2)15(17)12-19-20/h4-7,12,18H,3,8-11H2,1-2H3. The Morgan fingerprint density at radius 3 is 2.86 bits per heavy atom. The largest absolute Gasteiger partial charge is 0.491 e. The summed E-state index contributed by atoms with van der Waals surface area (Å²) in [6.45, 7) is 7.22. The Balaban J connectivity index is 1.89. The summed E-state index contributed by atoms with van der Waals surface area (Å²) < 4.78 is 7.75. The third-order valence-electron chi connectivity index (χ3n) is 3.32. The van der Waals surface area contributed by atoms with Gasteiger partial charge in [0.2, 0.25) is 0 Å². The SMILES string of the molecule is CCCNCc1ccccc1OCCn1ncc(Cl)c1C. The highest BCUT2D eigenvalue weighted by Gasteiger charge is 2.05. The molecule has 1 heterocycles. The van der Waals surface area contributed by atoms with E-state index in [2.05, 4.69) is 23.4 Å². The molecule has 0 unspecified atom stereocenters. The molecule has 0 aliphatic carbocycles. The van der Waals surface area contributed by atoms with Crippen molar-refractivity contribution >= 4 is 11.6 Å². The van der Waals surface area contributed by atoms with Crippen LogP contribution in [0.5, 0.6) is 5.75 Å². The number of nitrogens with zero attached hydrogens (tertiary/aromatic N) is 2. The van der Waals surface area contributed by atoms with Crippen LogP contribution < -0.4 is 10.1 Å². The second-order valence-electron chi connectivity index (χ2n) is 4.93. The Bertz CT molecular complexity index is 568. The minimum Gasteiger partial charge on any atom is -0.491 e. The zero-order valence-corrected chi connectivity index (χ0v) is 13.4. The van der Waals surface area contributed by atoms with E-state index >= 15 is 0 Å². The van der Waals surface area contributed by atoms with Crippen molar-refractivity contribution < 1.29 is 4.74 Å². The van der Waals surface area contributed by atoms with E-state index in [1.165, 1.54) is 5.56 Å². The van der Waals surface area contributed by atoms with Gasteiger partial charge in [-0.05, 0) is 26.0 Å². The van der Waals surface area contributed by atoms with Gasteiger partial charge in [-0.1, -0.05) is 36.7 Å². The molecule has 4 nitrogen and oxygen atoms in total. The fraction of sp³-hybridized carbons (Fsp3) is 0.438. The summed E-state index contributed by atoms with van der Waals surface area (Å²) in [4.78, 5) is 0. The lowest BCUT2D eigenvalue weighted by molar-refractivity contribution is 0.286. The van der Waals surface area contributed by atoms with Crippen LogP contribution >= 0.6 is 11.6 Å². The number of halogens is 1. The lowest BCUT2D eigenvalue weighted by atomic mass is 10.2. The van der Waals surface area contributed by atoms with Gasteiger partial charge in [-0.2, -0.15) is 5.10 Å². The lowest BCUT2D eigenvalue weighted by Crippen LogP contribution is -2.16. The molecule has 0 radical (unpaired) electrons. The average molecular weight is 308 g/mol. The number of hydrogen-bond acceptors (Lipinski definition) is 3. The Morgan fingerprint density at radius 1 is 1.33 bits per heavy atom. The van der Waals surface area contributed by atoms with Crippen molar-refractivity contribution in [1.29, 1.82) is 0 Å². The molecule has 0 aliphatic rings. The zero-order chi connectivity index (χ0) is 15.1. The molecule has 0 aliphatic heterocycles. The van der Waals surface area contributed by atoms with Crippen molar-refractivity contribution in [2.24, 2.45) is 0 Å². The summed E-state index contributed by atoms with van der Waals surface area (Å²) in [5, 5.41) is 8.31. The fourth-order valence-electron chi connectivity index (χ4n) is 2.08. The highest BCUT2D eigenvalue weighted by atomic mass is 35.5.